The molecule has 0 amide bonds. The topological polar surface area (TPSA) is 211 Å². The van der Waals surface area contributed by atoms with Gasteiger partial charge in [0.1, 0.15) is 0 Å². The molecular weight excluding hydrogens is 497 g/mol. The van der Waals surface area contributed by atoms with Crippen LogP contribution in [0, 0.1) is 59.9 Å². The van der Waals surface area contributed by atoms with Crippen LogP contribution in [0.5, 0.6) is 0 Å². The molecule has 0 rings (SSSR count). The third-order valence-electron chi connectivity index (χ3n) is 0.228. The van der Waals surface area contributed by atoms with Crippen molar-refractivity contribution in [3.05, 3.63) is 72.4 Å². The second kappa shape index (κ2) is 1880. The van der Waals surface area contributed by atoms with Gasteiger partial charge >= 0.3 is 102 Å². The van der Waals surface area contributed by atoms with Crippen molar-refractivity contribution in [2.45, 2.75) is 0 Å². The summed E-state index contributed by atoms with van der Waals surface area (Å²) in [7, 11) is 1.29. The number of ether oxygens (including phenoxy) is 1. The summed E-state index contributed by atoms with van der Waals surface area (Å²) >= 11 is 0. The van der Waals surface area contributed by atoms with Crippen molar-refractivity contribution in [1.29, 1.82) is 0 Å². The van der Waals surface area contributed by atoms with Crippen molar-refractivity contribution < 1.29 is 102 Å². The third kappa shape index (κ3) is 38600. The Balaban J connectivity index is -0.00000000668. The largest absolute Gasteiger partial charge is 0 e. The van der Waals surface area contributed by atoms with E-state index in [4.69, 9.17) is 41.9 Å². The molecule has 0 N–H and O–H groups in total. The van der Waals surface area contributed by atoms with Crippen LogP contribution in [0.2, 0.25) is 0 Å². The Morgan fingerprint density at radius 3 is 0.577 bits per heavy atom. The molecule has 0 aliphatic rings. The number of methoxy groups -OCH3 is 1. The van der Waals surface area contributed by atoms with Crippen LogP contribution in [0.25, 0.3) is 0 Å². The molecule has 0 aliphatic carbocycles. The molecule has 0 spiro atoms. The van der Waals surface area contributed by atoms with Gasteiger partial charge in [-0.1, -0.05) is 6.58 Å². The van der Waals surface area contributed by atoms with Gasteiger partial charge in [0.25, 0.3) is 0 Å². The zero-order chi connectivity index (χ0) is 22.3. The molecule has 147 valence electrons. The van der Waals surface area contributed by atoms with Crippen molar-refractivity contribution in [2.75, 3.05) is 7.11 Å². The van der Waals surface area contributed by atoms with Gasteiger partial charge in [-0.3, -0.25) is 0 Å². The summed E-state index contributed by atoms with van der Waals surface area (Å²) in [6.45, 7) is 43.4. The van der Waals surface area contributed by atoms with Crippen LogP contribution in [0.3, 0.4) is 0 Å². The van der Waals surface area contributed by atoms with Crippen LogP contribution in [-0.4, -0.2) is 7.11 Å². The molecule has 0 saturated heterocycles. The van der Waals surface area contributed by atoms with Gasteiger partial charge in [0.2, 0.25) is 0 Å². The first kappa shape index (κ1) is 102. The van der Waals surface area contributed by atoms with Crippen molar-refractivity contribution in [3.63, 3.8) is 0 Å². The third-order valence-corrected chi connectivity index (χ3v) is 0.228. The minimum Gasteiger partial charge on any atom is 0 e. The Morgan fingerprint density at radius 1 is 0.538 bits per heavy atom. The Hall–Kier alpha value is -1.48. The molecule has 11 nitrogen and oxygen atoms in total. The van der Waals surface area contributed by atoms with E-state index in [0.29, 0.717) is 0 Å². The van der Waals surface area contributed by atoms with E-state index in [0.717, 1.165) is 0 Å². The van der Waals surface area contributed by atoms with E-state index in [1.54, 1.807) is 0 Å². The SMILES string of the molecule is C=C([O-])OC.[C-]#[O+].[C-]#[O+].[C-]#[O+].[C-]#[O+].[C-]#[O+].[C-]#[O+].[C-]#[O+].[C-]#[O+].[C-]#[O+].[Co].[Co].[Co]. The van der Waals surface area contributed by atoms with Crippen molar-refractivity contribution in [2.24, 2.45) is 0 Å². The van der Waals surface area contributed by atoms with E-state index < -0.39 is 5.95 Å². The fourth-order valence-electron chi connectivity index (χ4n) is 0. The minimum absolute atomic E-state index is 0. The number of rotatable bonds is 1. The van der Waals surface area contributed by atoms with Gasteiger partial charge in [-0.25, -0.2) is 0 Å². The van der Waals surface area contributed by atoms with E-state index in [1.165, 1.54) is 7.11 Å². The summed E-state index contributed by atoms with van der Waals surface area (Å²) in [6.07, 6.45) is 0. The monoisotopic (exact) mass is 502 g/mol. The summed E-state index contributed by atoms with van der Waals surface area (Å²) in [4.78, 5) is 0. The molecule has 0 fully saturated rings. The molecule has 3 radical (unpaired) electrons. The summed E-state index contributed by atoms with van der Waals surface area (Å²) < 4.78 is 71.5. The molecule has 0 heterocycles. The predicted molar refractivity (Wildman–Crippen MR) is 51.5 cm³/mol. The van der Waals surface area contributed by atoms with Crippen molar-refractivity contribution in [3.8, 4) is 0 Å². The first-order chi connectivity index (χ1) is 11.3. The Labute approximate surface area is 181 Å². The van der Waals surface area contributed by atoms with Crippen molar-refractivity contribution >= 4 is 0 Å². The average Bonchev–Trinajstić information content (AvgIpc) is 2.75. The molecule has 0 unspecified atom stereocenters. The second-order valence-electron chi connectivity index (χ2n) is 0.576. The first-order valence-electron chi connectivity index (χ1n) is 3.01. The van der Waals surface area contributed by atoms with Crippen molar-refractivity contribution in [1.82, 2.24) is 0 Å². The van der Waals surface area contributed by atoms with Gasteiger partial charge in [0, 0.05) is 56.3 Å². The fourth-order valence-corrected chi connectivity index (χ4v) is 0. The molecule has 0 atom stereocenters. The predicted octanol–water partition coefficient (Wildman–Crippen LogP) is -0.881. The molecule has 26 heavy (non-hydrogen) atoms. The molecule has 0 bridgehead atoms. The molecule has 14 heteroatoms. The molecule has 0 aromatic heterocycles. The Kier molecular flexibility index (Phi) is 7390. The van der Waals surface area contributed by atoms with Crippen LogP contribution >= 0.6 is 0 Å². The Morgan fingerprint density at radius 2 is 0.577 bits per heavy atom. The molecular formula is C12H5Co3O11-. The van der Waals surface area contributed by atoms with E-state index in [2.05, 4.69) is 71.2 Å². The van der Waals surface area contributed by atoms with Gasteiger partial charge in [-0.05, 0) is 7.11 Å². The van der Waals surface area contributed by atoms with Crippen LogP contribution < -0.4 is 5.11 Å². The standard InChI is InChI=1S/C3H6O2.9CO.3Co/c1-3(4)5-2;9*1-2;;;/h4H,1H2,2H3;;;;;;;;;;;;/p-1. The quantitative estimate of drug-likeness (QED) is 0.254. The van der Waals surface area contributed by atoms with Gasteiger partial charge in [0.05, 0.1) is 0 Å². The van der Waals surface area contributed by atoms with Crippen LogP contribution in [0.15, 0.2) is 12.5 Å². The van der Waals surface area contributed by atoms with E-state index in [1.807, 2.05) is 0 Å². The summed E-state index contributed by atoms with van der Waals surface area (Å²) in [5.74, 6) is -0.495. The molecule has 0 saturated carbocycles. The van der Waals surface area contributed by atoms with Gasteiger partial charge in [0.15, 0.2) is 0 Å². The zero-order valence-corrected chi connectivity index (χ0v) is 15.3. The normalized spacial score (nSPS) is 1.96. The summed E-state index contributed by atoms with van der Waals surface area (Å²) in [5.41, 5.74) is 0. The average molecular weight is 502 g/mol. The summed E-state index contributed by atoms with van der Waals surface area (Å²) in [5, 5.41) is 9.48. The molecule has 0 aliphatic heterocycles. The zero-order valence-electron chi connectivity index (χ0n) is 12.2. The second-order valence-corrected chi connectivity index (χ2v) is 0.576. The smallest absolute Gasteiger partial charge is 0 e. The number of hydrogen-bond acceptors (Lipinski definition) is 2. The van der Waals surface area contributed by atoms with Gasteiger partial charge < -0.3 is 9.84 Å². The maximum atomic E-state index is 9.48. The van der Waals surface area contributed by atoms with Crippen LogP contribution in [0.1, 0.15) is 0 Å². The molecule has 0 aromatic carbocycles. The minimum atomic E-state index is -0.495. The van der Waals surface area contributed by atoms with E-state index >= 15 is 0 Å². The van der Waals surface area contributed by atoms with Gasteiger partial charge in [-0.15, -0.1) is 0 Å². The molecule has 0 aromatic rings. The Bertz CT molecular complexity index is 250. The maximum absolute atomic E-state index is 9.48. The summed E-state index contributed by atoms with van der Waals surface area (Å²) in [6, 6.07) is 0. The fraction of sp³-hybridized carbons (Fsp3) is 0.0833. The van der Waals surface area contributed by atoms with E-state index in [-0.39, 0.29) is 50.3 Å². The first-order valence-corrected chi connectivity index (χ1v) is 3.01. The van der Waals surface area contributed by atoms with Crippen LogP contribution in [-0.2, 0) is 96.9 Å². The van der Waals surface area contributed by atoms with Crippen LogP contribution in [0.4, 0.5) is 0 Å². The van der Waals surface area contributed by atoms with E-state index in [9.17, 15) is 5.11 Å². The maximum Gasteiger partial charge on any atom is 0 e. The number of hydrogen-bond donors (Lipinski definition) is 0. The van der Waals surface area contributed by atoms with Gasteiger partial charge in [-0.2, -0.15) is 0 Å².